The van der Waals surface area contributed by atoms with Crippen molar-refractivity contribution in [3.05, 3.63) is 0 Å². The van der Waals surface area contributed by atoms with Crippen molar-refractivity contribution in [3.63, 3.8) is 0 Å². The van der Waals surface area contributed by atoms with Crippen LogP contribution < -0.4 is 0 Å². The molecular formula is HCaCoFeKO. The molecule has 0 aliphatic rings. The molecule has 0 heterocycles. The van der Waals surface area contributed by atoms with E-state index in [0.29, 0.717) is 0 Å². The van der Waals surface area contributed by atoms with Gasteiger partial charge in [-0.1, -0.05) is 0 Å². The van der Waals surface area contributed by atoms with Gasteiger partial charge in [-0.15, -0.1) is 0 Å². The van der Waals surface area contributed by atoms with E-state index in [4.69, 9.17) is 0 Å². The summed E-state index contributed by atoms with van der Waals surface area (Å²) in [5.74, 6) is 0. The molecule has 0 amide bonds. The topological polar surface area (TPSA) is 28.5 Å². The summed E-state index contributed by atoms with van der Waals surface area (Å²) in [6, 6.07) is 0. The molecule has 0 atom stereocenters. The Hall–Kier alpha value is 3.88. The quantitative estimate of drug-likeness (QED) is 0.452. The van der Waals surface area contributed by atoms with Crippen molar-refractivity contribution in [2.24, 2.45) is 0 Å². The molecular weight excluding hydrogens is 210 g/mol. The minimum absolute atomic E-state index is 0. The van der Waals surface area contributed by atoms with Crippen LogP contribution in [0.4, 0.5) is 0 Å². The van der Waals surface area contributed by atoms with Crippen molar-refractivity contribution in [3.8, 4) is 0 Å². The van der Waals surface area contributed by atoms with Crippen LogP contribution in [0.3, 0.4) is 0 Å². The van der Waals surface area contributed by atoms with Crippen LogP contribution in [0.25, 0.3) is 0 Å². The van der Waals surface area contributed by atoms with Gasteiger partial charge in [0.15, 0.2) is 0 Å². The maximum Gasteiger partial charge on any atom is -2.00 e. The molecule has 0 rings (SSSR count). The monoisotopic (exact) mass is 211 g/mol. The molecule has 1 nitrogen and oxygen atoms in total. The van der Waals surface area contributed by atoms with Gasteiger partial charge in [-0.25, -0.2) is 0 Å². The number of rotatable bonds is 0. The molecule has 0 saturated heterocycles. The van der Waals surface area contributed by atoms with Gasteiger partial charge in [-0.05, 0) is 0 Å². The Labute approximate surface area is 125 Å². The Balaban J connectivity index is 0. The van der Waals surface area contributed by atoms with E-state index in [9.17, 15) is 0 Å². The van der Waals surface area contributed by atoms with Gasteiger partial charge in [0.25, 0.3) is 0 Å². The Morgan fingerprint density at radius 1 is 1.00 bits per heavy atom. The fourth-order valence-corrected chi connectivity index (χ4v) is 0. The summed E-state index contributed by atoms with van der Waals surface area (Å²) >= 11 is 0. The van der Waals surface area contributed by atoms with Crippen LogP contribution in [0.1, 0.15) is 0 Å². The Morgan fingerprint density at radius 2 is 1.00 bits per heavy atom. The van der Waals surface area contributed by atoms with Gasteiger partial charge in [0.05, 0.1) is 0 Å². The van der Waals surface area contributed by atoms with Gasteiger partial charge in [-0.3, -0.25) is 0 Å². The summed E-state index contributed by atoms with van der Waals surface area (Å²) in [6.07, 6.45) is 0. The van der Waals surface area contributed by atoms with Gasteiger partial charge < -0.3 is 5.48 Å². The Bertz CT molecular complexity index is 11.6. The molecule has 0 aromatic rings. The first kappa shape index (κ1) is 36.6. The molecule has 0 aromatic heterocycles. The van der Waals surface area contributed by atoms with E-state index in [0.717, 1.165) is 0 Å². The maximum absolute atomic E-state index is 0. The Morgan fingerprint density at radius 3 is 1.00 bits per heavy atom. The zero-order valence-corrected chi connectivity index (χ0v) is 6.16. The second-order valence-corrected chi connectivity index (χ2v) is 0. The second kappa shape index (κ2) is 24.8. The van der Waals surface area contributed by atoms with Crippen LogP contribution in [0.5, 0.6) is 0 Å². The first-order valence-electron chi connectivity index (χ1n) is 0. The van der Waals surface area contributed by atoms with E-state index >= 15 is 0 Å². The molecule has 0 spiro atoms. The summed E-state index contributed by atoms with van der Waals surface area (Å²) in [7, 11) is 0. The van der Waals surface area contributed by atoms with Crippen molar-refractivity contribution in [1.82, 2.24) is 0 Å². The molecule has 5 heavy (non-hydrogen) atoms. The van der Waals surface area contributed by atoms with E-state index in [1.54, 1.807) is 0 Å². The molecule has 0 aliphatic carbocycles. The van der Waals surface area contributed by atoms with Gasteiger partial charge in [0, 0.05) is 33.8 Å². The van der Waals surface area contributed by atoms with Crippen LogP contribution in [0.15, 0.2) is 0 Å². The van der Waals surface area contributed by atoms with Crippen molar-refractivity contribution in [2.75, 3.05) is 0 Å². The molecule has 0 unspecified atom stereocenters. The normalized spacial score (nSPS) is 0. The first-order chi connectivity index (χ1) is 0. The minimum atomic E-state index is 0. The standard InChI is InChI=1S/Ca.Co.Fe.K.O.H/q+2;;;;-2;. The first-order valence-corrected chi connectivity index (χ1v) is 0. The third kappa shape index (κ3) is 18.1. The number of hydrogen-bond donors (Lipinski definition) is 0. The average molecular weight is 211 g/mol. The largest absolute Gasteiger partial charge is 2.00 e. The zero-order chi connectivity index (χ0) is 0. The predicted molar refractivity (Wildman–Crippen MR) is 13.6 cm³/mol. The molecule has 27 valence electrons. The van der Waals surface area contributed by atoms with Gasteiger partial charge >= 0.3 is 89.1 Å². The third-order valence-electron chi connectivity index (χ3n) is 0. The van der Waals surface area contributed by atoms with E-state index in [-0.39, 0.29) is 128 Å². The van der Waals surface area contributed by atoms with E-state index < -0.39 is 0 Å². The van der Waals surface area contributed by atoms with Crippen molar-refractivity contribution in [2.45, 2.75) is 0 Å². The molecule has 0 N–H and O–H groups in total. The van der Waals surface area contributed by atoms with Gasteiger partial charge in [-0.2, -0.15) is 0 Å². The molecule has 0 aromatic carbocycles. The van der Waals surface area contributed by atoms with Gasteiger partial charge in [0.2, 0.25) is 0 Å². The predicted octanol–water partition coefficient (Wildman–Crippen LogP) is -1.15. The molecule has 1 radical (unpaired) electrons. The SMILES string of the molecule is [Ca+2].[Co].[Fe].[KH].[O-2]. The third-order valence-corrected chi connectivity index (χ3v) is 0. The minimum Gasteiger partial charge on any atom is -2.00 e. The van der Waals surface area contributed by atoms with E-state index in [1.807, 2.05) is 0 Å². The van der Waals surface area contributed by atoms with Crippen molar-refractivity contribution >= 4 is 89.1 Å². The Kier molecular flexibility index (Phi) is 181. The summed E-state index contributed by atoms with van der Waals surface area (Å²) in [5, 5.41) is 0. The van der Waals surface area contributed by atoms with Crippen molar-refractivity contribution < 1.29 is 39.3 Å². The maximum atomic E-state index is 0. The summed E-state index contributed by atoms with van der Waals surface area (Å²) in [6.45, 7) is 0. The van der Waals surface area contributed by atoms with Gasteiger partial charge in [0.1, 0.15) is 0 Å². The molecule has 0 aliphatic heterocycles. The molecule has 0 saturated carbocycles. The van der Waals surface area contributed by atoms with Crippen LogP contribution in [-0.2, 0) is 39.3 Å². The van der Waals surface area contributed by atoms with Crippen LogP contribution in [0.2, 0.25) is 0 Å². The van der Waals surface area contributed by atoms with E-state index in [1.165, 1.54) is 0 Å². The van der Waals surface area contributed by atoms with E-state index in [2.05, 4.69) is 0 Å². The fourth-order valence-electron chi connectivity index (χ4n) is 0. The molecule has 5 heteroatoms. The van der Waals surface area contributed by atoms with Crippen molar-refractivity contribution in [1.29, 1.82) is 0 Å². The molecule has 0 fully saturated rings. The number of hydrogen-bond acceptors (Lipinski definition) is 0. The van der Waals surface area contributed by atoms with Crippen LogP contribution >= 0.6 is 0 Å². The summed E-state index contributed by atoms with van der Waals surface area (Å²) in [5.41, 5.74) is 0. The molecule has 0 bridgehead atoms. The zero-order valence-electron chi connectivity index (χ0n) is 1.80. The van der Waals surface area contributed by atoms with Crippen LogP contribution in [0, 0.1) is 0 Å². The summed E-state index contributed by atoms with van der Waals surface area (Å²) < 4.78 is 0. The van der Waals surface area contributed by atoms with Crippen LogP contribution in [-0.4, -0.2) is 89.1 Å². The second-order valence-electron chi connectivity index (χ2n) is 0. The fraction of sp³-hybridized carbons (Fsp3) is 0. The summed E-state index contributed by atoms with van der Waals surface area (Å²) in [4.78, 5) is 0. The smallest absolute Gasteiger partial charge is 2.00 e. The average Bonchev–Trinajstić information content (AvgIpc) is 0.